The normalized spacial score (nSPS) is 14.6. The van der Waals surface area contributed by atoms with Crippen molar-refractivity contribution < 1.29 is 4.74 Å². The Labute approximate surface area is 117 Å². The van der Waals surface area contributed by atoms with Crippen molar-refractivity contribution in [3.63, 3.8) is 0 Å². The standard InChI is InChI=1S/C16H28N2O/c1-6-13-8-9-14(18-11-13)10-15(17-7-2)16(19-5)12(3)4/h8-9,11-12,15-17H,6-7,10H2,1-5H3. The van der Waals surface area contributed by atoms with E-state index >= 15 is 0 Å². The summed E-state index contributed by atoms with van der Waals surface area (Å²) >= 11 is 0. The zero-order chi connectivity index (χ0) is 14.3. The summed E-state index contributed by atoms with van der Waals surface area (Å²) in [5.74, 6) is 0.490. The number of aryl methyl sites for hydroxylation is 1. The van der Waals surface area contributed by atoms with Crippen LogP contribution in [0.25, 0.3) is 0 Å². The van der Waals surface area contributed by atoms with Gasteiger partial charge in [0.25, 0.3) is 0 Å². The fraction of sp³-hybridized carbons (Fsp3) is 0.688. The summed E-state index contributed by atoms with van der Waals surface area (Å²) in [5, 5.41) is 3.53. The molecular formula is C16H28N2O. The Hall–Kier alpha value is -0.930. The number of hydrogen-bond donors (Lipinski definition) is 1. The van der Waals surface area contributed by atoms with Crippen molar-refractivity contribution in [2.45, 2.75) is 52.7 Å². The topological polar surface area (TPSA) is 34.2 Å². The third-order valence-corrected chi connectivity index (χ3v) is 3.52. The van der Waals surface area contributed by atoms with Gasteiger partial charge in [0, 0.05) is 31.5 Å². The molecule has 0 saturated heterocycles. The van der Waals surface area contributed by atoms with Crippen molar-refractivity contribution in [1.82, 2.24) is 10.3 Å². The molecule has 3 nitrogen and oxygen atoms in total. The molecule has 108 valence electrons. The lowest BCUT2D eigenvalue weighted by Gasteiger charge is -2.29. The van der Waals surface area contributed by atoms with Crippen molar-refractivity contribution in [2.24, 2.45) is 5.92 Å². The summed E-state index contributed by atoms with van der Waals surface area (Å²) in [6.07, 6.45) is 4.15. The van der Waals surface area contributed by atoms with E-state index in [-0.39, 0.29) is 6.10 Å². The SMILES string of the molecule is CCNC(Cc1ccc(CC)cn1)C(OC)C(C)C. The maximum Gasteiger partial charge on any atom is 0.0750 e. The highest BCUT2D eigenvalue weighted by atomic mass is 16.5. The lowest BCUT2D eigenvalue weighted by molar-refractivity contribution is 0.0334. The van der Waals surface area contributed by atoms with E-state index in [1.807, 2.05) is 6.20 Å². The van der Waals surface area contributed by atoms with Gasteiger partial charge in [0.2, 0.25) is 0 Å². The van der Waals surface area contributed by atoms with Crippen LogP contribution in [-0.4, -0.2) is 30.8 Å². The van der Waals surface area contributed by atoms with E-state index in [1.54, 1.807) is 7.11 Å². The number of methoxy groups -OCH3 is 1. The minimum atomic E-state index is 0.215. The van der Waals surface area contributed by atoms with Crippen LogP contribution in [0.5, 0.6) is 0 Å². The molecule has 1 N–H and O–H groups in total. The first-order chi connectivity index (χ1) is 9.12. The quantitative estimate of drug-likeness (QED) is 0.784. The molecule has 0 spiro atoms. The van der Waals surface area contributed by atoms with E-state index in [9.17, 15) is 0 Å². The maximum atomic E-state index is 5.65. The molecule has 0 radical (unpaired) electrons. The highest BCUT2D eigenvalue weighted by Gasteiger charge is 2.24. The van der Waals surface area contributed by atoms with Crippen LogP contribution in [0.4, 0.5) is 0 Å². The van der Waals surface area contributed by atoms with Crippen molar-refractivity contribution in [3.05, 3.63) is 29.6 Å². The Morgan fingerprint density at radius 3 is 2.42 bits per heavy atom. The van der Waals surface area contributed by atoms with Crippen molar-refractivity contribution >= 4 is 0 Å². The van der Waals surface area contributed by atoms with E-state index < -0.39 is 0 Å². The minimum Gasteiger partial charge on any atom is -0.380 e. The van der Waals surface area contributed by atoms with Crippen LogP contribution in [0.2, 0.25) is 0 Å². The van der Waals surface area contributed by atoms with Crippen LogP contribution in [0.3, 0.4) is 0 Å². The lowest BCUT2D eigenvalue weighted by atomic mass is 9.95. The first kappa shape index (κ1) is 16.1. The molecule has 1 aromatic heterocycles. The monoisotopic (exact) mass is 264 g/mol. The van der Waals surface area contributed by atoms with Gasteiger partial charge >= 0.3 is 0 Å². The Bertz CT molecular complexity index is 348. The summed E-state index contributed by atoms with van der Waals surface area (Å²) in [6, 6.07) is 4.62. The first-order valence-electron chi connectivity index (χ1n) is 7.32. The first-order valence-corrected chi connectivity index (χ1v) is 7.32. The van der Waals surface area contributed by atoms with Gasteiger partial charge in [-0.1, -0.05) is 33.8 Å². The van der Waals surface area contributed by atoms with Crippen molar-refractivity contribution in [1.29, 1.82) is 0 Å². The summed E-state index contributed by atoms with van der Waals surface area (Å²) in [5.41, 5.74) is 2.42. The van der Waals surface area contributed by atoms with E-state index in [4.69, 9.17) is 4.74 Å². The van der Waals surface area contributed by atoms with E-state index in [1.165, 1.54) is 5.56 Å². The zero-order valence-corrected chi connectivity index (χ0v) is 12.9. The maximum absolute atomic E-state index is 5.65. The van der Waals surface area contributed by atoms with Crippen LogP contribution in [0.1, 0.15) is 39.0 Å². The predicted molar refractivity (Wildman–Crippen MR) is 80.4 cm³/mol. The number of rotatable bonds is 8. The highest BCUT2D eigenvalue weighted by molar-refractivity contribution is 5.15. The number of ether oxygens (including phenoxy) is 1. The molecule has 1 aromatic rings. The molecule has 2 unspecified atom stereocenters. The second kappa shape index (κ2) is 8.28. The highest BCUT2D eigenvalue weighted by Crippen LogP contribution is 2.14. The fourth-order valence-electron chi connectivity index (χ4n) is 2.48. The van der Waals surface area contributed by atoms with E-state index in [0.29, 0.717) is 12.0 Å². The number of hydrogen-bond acceptors (Lipinski definition) is 3. The van der Waals surface area contributed by atoms with Gasteiger partial charge in [0.15, 0.2) is 0 Å². The van der Waals surface area contributed by atoms with E-state index in [0.717, 1.165) is 25.1 Å². The number of nitrogens with one attached hydrogen (secondary N) is 1. The number of nitrogens with zero attached hydrogens (tertiary/aromatic N) is 1. The Kier molecular flexibility index (Phi) is 7.03. The second-order valence-electron chi connectivity index (χ2n) is 5.32. The van der Waals surface area contributed by atoms with Gasteiger partial charge in [-0.15, -0.1) is 0 Å². The molecule has 2 atom stereocenters. The average Bonchev–Trinajstić information content (AvgIpc) is 2.40. The molecule has 1 heterocycles. The lowest BCUT2D eigenvalue weighted by Crippen LogP contribution is -2.45. The van der Waals surface area contributed by atoms with Gasteiger partial charge in [-0.05, 0) is 30.5 Å². The molecule has 0 aliphatic rings. The molecule has 0 bridgehead atoms. The van der Waals surface area contributed by atoms with Gasteiger partial charge in [-0.3, -0.25) is 4.98 Å². The molecule has 1 rings (SSSR count). The Morgan fingerprint density at radius 2 is 2.00 bits per heavy atom. The van der Waals surface area contributed by atoms with Crippen LogP contribution >= 0.6 is 0 Å². The minimum absolute atomic E-state index is 0.215. The zero-order valence-electron chi connectivity index (χ0n) is 12.9. The fourth-order valence-corrected chi connectivity index (χ4v) is 2.48. The number of likely N-dealkylation sites (N-methyl/N-ethyl adjacent to an activating group) is 1. The van der Waals surface area contributed by atoms with Crippen LogP contribution < -0.4 is 5.32 Å². The van der Waals surface area contributed by atoms with E-state index in [2.05, 4.69) is 50.1 Å². The van der Waals surface area contributed by atoms with Gasteiger partial charge in [-0.2, -0.15) is 0 Å². The third-order valence-electron chi connectivity index (χ3n) is 3.52. The Morgan fingerprint density at radius 1 is 1.26 bits per heavy atom. The molecule has 0 amide bonds. The number of pyridine rings is 1. The number of aromatic nitrogens is 1. The van der Waals surface area contributed by atoms with Gasteiger partial charge in [0.1, 0.15) is 0 Å². The molecule has 0 fully saturated rings. The van der Waals surface area contributed by atoms with Gasteiger partial charge in [-0.25, -0.2) is 0 Å². The van der Waals surface area contributed by atoms with Crippen LogP contribution in [-0.2, 0) is 17.6 Å². The van der Waals surface area contributed by atoms with Crippen LogP contribution in [0.15, 0.2) is 18.3 Å². The molecule has 0 aromatic carbocycles. The van der Waals surface area contributed by atoms with Crippen LogP contribution in [0, 0.1) is 5.92 Å². The molecule has 0 aliphatic carbocycles. The van der Waals surface area contributed by atoms with Crippen molar-refractivity contribution in [3.8, 4) is 0 Å². The molecular weight excluding hydrogens is 236 g/mol. The molecule has 19 heavy (non-hydrogen) atoms. The summed E-state index contributed by atoms with van der Waals surface area (Å²) in [4.78, 5) is 4.55. The largest absolute Gasteiger partial charge is 0.380 e. The third kappa shape index (κ3) is 4.92. The summed E-state index contributed by atoms with van der Waals surface area (Å²) < 4.78 is 5.65. The Balaban J connectivity index is 2.75. The van der Waals surface area contributed by atoms with Gasteiger partial charge in [0.05, 0.1) is 6.10 Å². The molecule has 0 aliphatic heterocycles. The summed E-state index contributed by atoms with van der Waals surface area (Å²) in [7, 11) is 1.79. The second-order valence-corrected chi connectivity index (χ2v) is 5.32. The molecule has 0 saturated carbocycles. The van der Waals surface area contributed by atoms with Gasteiger partial charge < -0.3 is 10.1 Å². The van der Waals surface area contributed by atoms with Crippen molar-refractivity contribution in [2.75, 3.05) is 13.7 Å². The smallest absolute Gasteiger partial charge is 0.0750 e. The summed E-state index contributed by atoms with van der Waals surface area (Å²) in [6.45, 7) is 9.63. The predicted octanol–water partition coefficient (Wildman–Crippen LogP) is 2.84. The average molecular weight is 264 g/mol. The molecule has 3 heteroatoms.